The highest BCUT2D eigenvalue weighted by Gasteiger charge is 2.20. The van der Waals surface area contributed by atoms with Crippen molar-refractivity contribution >= 4 is 22.8 Å². The topological polar surface area (TPSA) is 68.2 Å². The van der Waals surface area contributed by atoms with Gasteiger partial charge in [0, 0.05) is 18.7 Å². The van der Waals surface area contributed by atoms with Gasteiger partial charge < -0.3 is 11.1 Å². The van der Waals surface area contributed by atoms with E-state index in [9.17, 15) is 0 Å². The molecule has 0 amide bonds. The highest BCUT2D eigenvalue weighted by Crippen LogP contribution is 2.34. The summed E-state index contributed by atoms with van der Waals surface area (Å²) in [6.45, 7) is 2.07. The summed E-state index contributed by atoms with van der Waals surface area (Å²) < 4.78 is 2.10. The Balaban J connectivity index is 1.58. The van der Waals surface area contributed by atoms with E-state index in [1.54, 1.807) is 11.3 Å². The van der Waals surface area contributed by atoms with Crippen LogP contribution >= 0.6 is 11.3 Å². The fourth-order valence-electron chi connectivity index (χ4n) is 3.75. The SMILES string of the molecule is Nc1ncc(-c2cc(-c3ccccc3)cs2)n2cc(C3CCCNC3)nc12. The molecule has 5 rings (SSSR count). The first kappa shape index (κ1) is 16.5. The molecule has 1 fully saturated rings. The summed E-state index contributed by atoms with van der Waals surface area (Å²) in [6.07, 6.45) is 6.34. The molecule has 0 spiro atoms. The average Bonchev–Trinajstić information content (AvgIpc) is 3.38. The molecular formula is C21H21N5S. The molecule has 3 N–H and O–H groups in total. The van der Waals surface area contributed by atoms with Crippen LogP contribution in [0, 0.1) is 0 Å². The molecule has 1 aliphatic heterocycles. The van der Waals surface area contributed by atoms with E-state index in [2.05, 4.69) is 56.6 Å². The molecular weight excluding hydrogens is 354 g/mol. The number of hydrogen-bond donors (Lipinski definition) is 2. The van der Waals surface area contributed by atoms with E-state index in [1.807, 2.05) is 12.3 Å². The number of aromatic nitrogens is 3. The second-order valence-corrected chi connectivity index (χ2v) is 7.91. The fraction of sp³-hybridized carbons (Fsp3) is 0.238. The van der Waals surface area contributed by atoms with E-state index in [0.29, 0.717) is 11.7 Å². The minimum atomic E-state index is 0.439. The van der Waals surface area contributed by atoms with Crippen LogP contribution in [-0.4, -0.2) is 27.5 Å². The van der Waals surface area contributed by atoms with E-state index in [1.165, 1.54) is 17.5 Å². The maximum Gasteiger partial charge on any atom is 0.180 e. The van der Waals surface area contributed by atoms with E-state index in [4.69, 9.17) is 10.7 Å². The van der Waals surface area contributed by atoms with Crippen LogP contribution in [0.25, 0.3) is 27.3 Å². The number of benzene rings is 1. The average molecular weight is 376 g/mol. The van der Waals surface area contributed by atoms with E-state index < -0.39 is 0 Å². The molecule has 3 aromatic heterocycles. The van der Waals surface area contributed by atoms with Crippen LogP contribution in [-0.2, 0) is 0 Å². The first-order chi connectivity index (χ1) is 13.3. The maximum atomic E-state index is 6.14. The Morgan fingerprint density at radius 3 is 2.89 bits per heavy atom. The highest BCUT2D eigenvalue weighted by atomic mass is 32.1. The van der Waals surface area contributed by atoms with Gasteiger partial charge in [0.05, 0.1) is 22.5 Å². The third-order valence-corrected chi connectivity index (χ3v) is 6.17. The number of hydrogen-bond acceptors (Lipinski definition) is 5. The quantitative estimate of drug-likeness (QED) is 0.564. The Morgan fingerprint density at radius 1 is 1.19 bits per heavy atom. The van der Waals surface area contributed by atoms with Crippen LogP contribution in [0.3, 0.4) is 0 Å². The van der Waals surface area contributed by atoms with Crippen molar-refractivity contribution in [2.24, 2.45) is 0 Å². The Hall–Kier alpha value is -2.70. The number of nitrogen functional groups attached to an aromatic ring is 1. The van der Waals surface area contributed by atoms with E-state index in [0.717, 1.165) is 41.4 Å². The number of thiophene rings is 1. The summed E-state index contributed by atoms with van der Waals surface area (Å²) in [6, 6.07) is 12.7. The molecule has 0 aliphatic carbocycles. The summed E-state index contributed by atoms with van der Waals surface area (Å²) in [4.78, 5) is 10.4. The summed E-state index contributed by atoms with van der Waals surface area (Å²) in [5, 5.41) is 5.66. The van der Waals surface area contributed by atoms with Crippen LogP contribution in [0.4, 0.5) is 5.82 Å². The van der Waals surface area contributed by atoms with Gasteiger partial charge in [-0.05, 0) is 42.0 Å². The van der Waals surface area contributed by atoms with Gasteiger partial charge in [-0.1, -0.05) is 30.3 Å². The fourth-order valence-corrected chi connectivity index (χ4v) is 4.67. The molecule has 4 heterocycles. The largest absolute Gasteiger partial charge is 0.381 e. The standard InChI is InChI=1S/C21H21N5S/c22-20-21-25-17(15-7-4-8-23-10-15)12-26(21)18(11-24-20)19-9-16(13-27-19)14-5-2-1-3-6-14/h1-3,5-6,9,11-13,15,23H,4,7-8,10H2,(H2,22,24). The molecule has 6 heteroatoms. The minimum Gasteiger partial charge on any atom is -0.381 e. The molecule has 1 unspecified atom stereocenters. The number of nitrogens with one attached hydrogen (secondary N) is 1. The van der Waals surface area contributed by atoms with Gasteiger partial charge in [0.2, 0.25) is 0 Å². The first-order valence-corrected chi connectivity index (χ1v) is 10.2. The number of rotatable bonds is 3. The predicted molar refractivity (Wildman–Crippen MR) is 111 cm³/mol. The van der Waals surface area contributed by atoms with Crippen molar-refractivity contribution in [3.63, 3.8) is 0 Å². The number of imidazole rings is 1. The van der Waals surface area contributed by atoms with Crippen LogP contribution in [0.1, 0.15) is 24.5 Å². The molecule has 1 aliphatic rings. The van der Waals surface area contributed by atoms with Crippen molar-refractivity contribution in [1.29, 1.82) is 0 Å². The summed E-state index contributed by atoms with van der Waals surface area (Å²) >= 11 is 1.72. The molecule has 136 valence electrons. The molecule has 1 atom stereocenters. The van der Waals surface area contributed by atoms with Crippen molar-refractivity contribution in [3.8, 4) is 21.7 Å². The van der Waals surface area contributed by atoms with Gasteiger partial charge in [-0.25, -0.2) is 9.97 Å². The Kier molecular flexibility index (Phi) is 4.14. The normalized spacial score (nSPS) is 17.4. The second-order valence-electron chi connectivity index (χ2n) is 7.00. The zero-order valence-corrected chi connectivity index (χ0v) is 15.7. The number of fused-ring (bicyclic) bond motifs is 1. The maximum absolute atomic E-state index is 6.14. The Bertz CT molecular complexity index is 1080. The smallest absolute Gasteiger partial charge is 0.180 e. The predicted octanol–water partition coefficient (Wildman–Crippen LogP) is 4.17. The summed E-state index contributed by atoms with van der Waals surface area (Å²) in [5.74, 6) is 0.919. The monoisotopic (exact) mass is 375 g/mol. The number of nitrogens with zero attached hydrogens (tertiary/aromatic N) is 3. The van der Waals surface area contributed by atoms with Gasteiger partial charge in [-0.2, -0.15) is 0 Å². The van der Waals surface area contributed by atoms with Crippen molar-refractivity contribution in [2.45, 2.75) is 18.8 Å². The first-order valence-electron chi connectivity index (χ1n) is 9.28. The molecule has 0 saturated carbocycles. The van der Waals surface area contributed by atoms with Gasteiger partial charge in [-0.15, -0.1) is 11.3 Å². The lowest BCUT2D eigenvalue weighted by Crippen LogP contribution is -2.28. The van der Waals surface area contributed by atoms with Gasteiger partial charge in [-0.3, -0.25) is 4.40 Å². The van der Waals surface area contributed by atoms with Crippen LogP contribution in [0.2, 0.25) is 0 Å². The third kappa shape index (κ3) is 3.01. The highest BCUT2D eigenvalue weighted by molar-refractivity contribution is 7.14. The van der Waals surface area contributed by atoms with Crippen LogP contribution in [0.5, 0.6) is 0 Å². The molecule has 5 nitrogen and oxygen atoms in total. The third-order valence-electron chi connectivity index (χ3n) is 5.21. The zero-order chi connectivity index (χ0) is 18.2. The summed E-state index contributed by atoms with van der Waals surface area (Å²) in [5.41, 5.74) is 11.5. The van der Waals surface area contributed by atoms with Crippen LogP contribution in [0.15, 0.2) is 54.2 Å². The lowest BCUT2D eigenvalue weighted by molar-refractivity contribution is 0.456. The number of anilines is 1. The second kappa shape index (κ2) is 6.79. The lowest BCUT2D eigenvalue weighted by Gasteiger charge is -2.20. The van der Waals surface area contributed by atoms with Gasteiger partial charge in [0.25, 0.3) is 0 Å². The van der Waals surface area contributed by atoms with Gasteiger partial charge >= 0.3 is 0 Å². The Morgan fingerprint density at radius 2 is 2.07 bits per heavy atom. The van der Waals surface area contributed by atoms with Crippen molar-refractivity contribution in [2.75, 3.05) is 18.8 Å². The Labute approximate surface area is 161 Å². The zero-order valence-electron chi connectivity index (χ0n) is 14.9. The molecule has 27 heavy (non-hydrogen) atoms. The van der Waals surface area contributed by atoms with Crippen molar-refractivity contribution < 1.29 is 0 Å². The molecule has 0 bridgehead atoms. The summed E-state index contributed by atoms with van der Waals surface area (Å²) in [7, 11) is 0. The van der Waals surface area contributed by atoms with Crippen molar-refractivity contribution in [3.05, 3.63) is 59.9 Å². The van der Waals surface area contributed by atoms with E-state index >= 15 is 0 Å². The van der Waals surface area contributed by atoms with Crippen molar-refractivity contribution in [1.82, 2.24) is 19.7 Å². The molecule has 1 saturated heterocycles. The molecule has 4 aromatic rings. The lowest BCUT2D eigenvalue weighted by atomic mass is 9.97. The van der Waals surface area contributed by atoms with Gasteiger partial charge in [0.15, 0.2) is 11.5 Å². The molecule has 0 radical (unpaired) electrons. The molecule has 1 aromatic carbocycles. The number of piperidine rings is 1. The van der Waals surface area contributed by atoms with E-state index in [-0.39, 0.29) is 0 Å². The minimum absolute atomic E-state index is 0.439. The van der Waals surface area contributed by atoms with Gasteiger partial charge in [0.1, 0.15) is 0 Å². The number of nitrogens with two attached hydrogens (primary N) is 1. The van der Waals surface area contributed by atoms with Crippen LogP contribution < -0.4 is 11.1 Å².